The summed E-state index contributed by atoms with van der Waals surface area (Å²) in [6.45, 7) is 0. The highest BCUT2D eigenvalue weighted by atomic mass is 35.5. The largest absolute Gasteiger partial charge is 0.305 e. The summed E-state index contributed by atoms with van der Waals surface area (Å²) in [5, 5.41) is 2.95. The van der Waals surface area contributed by atoms with Crippen LogP contribution in [0.15, 0.2) is 37.1 Å². The summed E-state index contributed by atoms with van der Waals surface area (Å²) < 4.78 is 0. The van der Waals surface area contributed by atoms with E-state index < -0.39 is 0 Å². The van der Waals surface area contributed by atoms with Gasteiger partial charge in [-0.05, 0) is 12.1 Å². The van der Waals surface area contributed by atoms with Gasteiger partial charge < -0.3 is 5.32 Å². The van der Waals surface area contributed by atoms with Crippen molar-refractivity contribution in [1.82, 2.24) is 15.0 Å². The Morgan fingerprint density at radius 3 is 2.75 bits per heavy atom. The molecule has 2 aromatic heterocycles. The number of amides is 1. The van der Waals surface area contributed by atoms with Crippen LogP contribution in [-0.2, 0) is 0 Å². The van der Waals surface area contributed by atoms with Crippen LogP contribution < -0.4 is 5.32 Å². The Morgan fingerprint density at radius 1 is 1.31 bits per heavy atom. The van der Waals surface area contributed by atoms with E-state index in [1.807, 2.05) is 0 Å². The quantitative estimate of drug-likeness (QED) is 0.860. The zero-order valence-corrected chi connectivity index (χ0v) is 8.85. The van der Waals surface area contributed by atoms with E-state index in [1.54, 1.807) is 18.3 Å². The molecule has 2 rings (SSSR count). The van der Waals surface area contributed by atoms with Gasteiger partial charge in [-0.25, -0.2) is 15.0 Å². The van der Waals surface area contributed by atoms with Gasteiger partial charge in [-0.1, -0.05) is 11.6 Å². The van der Waals surface area contributed by atoms with E-state index in [0.717, 1.165) is 0 Å². The zero-order valence-electron chi connectivity index (χ0n) is 8.09. The number of carbonyl (C=O) groups is 1. The average Bonchev–Trinajstić information content (AvgIpc) is 2.33. The van der Waals surface area contributed by atoms with Gasteiger partial charge in [-0.15, -0.1) is 0 Å². The lowest BCUT2D eigenvalue weighted by atomic mass is 10.3. The van der Waals surface area contributed by atoms with Crippen molar-refractivity contribution in [2.75, 3.05) is 5.32 Å². The molecule has 0 saturated carbocycles. The summed E-state index contributed by atoms with van der Waals surface area (Å²) in [7, 11) is 0. The summed E-state index contributed by atoms with van der Waals surface area (Å²) >= 11 is 5.85. The molecule has 0 aromatic carbocycles. The van der Waals surface area contributed by atoms with E-state index in [1.165, 1.54) is 18.7 Å². The SMILES string of the molecule is O=C(Nc1ncccc1Cl)c1cncnc1. The van der Waals surface area contributed by atoms with Crippen LogP contribution in [0.1, 0.15) is 10.4 Å². The molecule has 0 aliphatic heterocycles. The lowest BCUT2D eigenvalue weighted by Gasteiger charge is -2.04. The van der Waals surface area contributed by atoms with Crippen molar-refractivity contribution in [3.8, 4) is 0 Å². The molecule has 2 aromatic rings. The fraction of sp³-hybridized carbons (Fsp3) is 0. The molecule has 16 heavy (non-hydrogen) atoms. The molecule has 0 spiro atoms. The number of anilines is 1. The van der Waals surface area contributed by atoms with E-state index in [2.05, 4.69) is 20.3 Å². The minimum Gasteiger partial charge on any atom is -0.305 e. The smallest absolute Gasteiger partial charge is 0.259 e. The van der Waals surface area contributed by atoms with Gasteiger partial charge in [0.05, 0.1) is 10.6 Å². The molecule has 0 aliphatic rings. The lowest BCUT2D eigenvalue weighted by molar-refractivity contribution is 0.102. The monoisotopic (exact) mass is 234 g/mol. The van der Waals surface area contributed by atoms with E-state index >= 15 is 0 Å². The van der Waals surface area contributed by atoms with E-state index in [9.17, 15) is 4.79 Å². The fourth-order valence-electron chi connectivity index (χ4n) is 1.07. The molecule has 2 heterocycles. The normalized spacial score (nSPS) is 9.81. The number of halogens is 1. The number of nitrogens with zero attached hydrogens (tertiary/aromatic N) is 3. The van der Waals surface area contributed by atoms with E-state index in [-0.39, 0.29) is 5.91 Å². The van der Waals surface area contributed by atoms with Gasteiger partial charge in [-0.2, -0.15) is 0 Å². The van der Waals surface area contributed by atoms with Crippen molar-refractivity contribution in [3.63, 3.8) is 0 Å². The molecule has 0 atom stereocenters. The molecule has 6 heteroatoms. The predicted octanol–water partition coefficient (Wildman–Crippen LogP) is 1.78. The number of hydrogen-bond acceptors (Lipinski definition) is 4. The molecular weight excluding hydrogens is 228 g/mol. The Labute approximate surface area is 96.5 Å². The Bertz CT molecular complexity index is 503. The van der Waals surface area contributed by atoms with Crippen LogP contribution in [0, 0.1) is 0 Å². The molecular formula is C10H7ClN4O. The zero-order chi connectivity index (χ0) is 11.4. The summed E-state index contributed by atoms with van der Waals surface area (Å²) in [4.78, 5) is 23.1. The number of pyridine rings is 1. The van der Waals surface area contributed by atoms with Gasteiger partial charge in [0.25, 0.3) is 5.91 Å². The predicted molar refractivity (Wildman–Crippen MR) is 59.2 cm³/mol. The standard InChI is InChI=1S/C10H7ClN4O/c11-8-2-1-3-14-9(8)15-10(16)7-4-12-6-13-5-7/h1-6H,(H,14,15,16). The first kappa shape index (κ1) is 10.5. The van der Waals surface area contributed by atoms with Crippen molar-refractivity contribution >= 4 is 23.3 Å². The van der Waals surface area contributed by atoms with Crippen LogP contribution in [0.2, 0.25) is 5.02 Å². The first-order valence-corrected chi connectivity index (χ1v) is 4.82. The summed E-state index contributed by atoms with van der Waals surface area (Å²) in [5.74, 6) is -0.0285. The maximum atomic E-state index is 11.7. The topological polar surface area (TPSA) is 67.8 Å². The molecule has 0 saturated heterocycles. The highest BCUT2D eigenvalue weighted by molar-refractivity contribution is 6.33. The van der Waals surface area contributed by atoms with Crippen LogP contribution in [0.5, 0.6) is 0 Å². The number of nitrogens with one attached hydrogen (secondary N) is 1. The number of rotatable bonds is 2. The third-order valence-electron chi connectivity index (χ3n) is 1.81. The van der Waals surface area contributed by atoms with Gasteiger partial charge in [0.1, 0.15) is 6.33 Å². The van der Waals surface area contributed by atoms with Crippen molar-refractivity contribution in [2.45, 2.75) is 0 Å². The second kappa shape index (κ2) is 4.67. The second-order valence-corrected chi connectivity index (χ2v) is 3.32. The van der Waals surface area contributed by atoms with Crippen molar-refractivity contribution in [1.29, 1.82) is 0 Å². The van der Waals surface area contributed by atoms with Gasteiger partial charge in [-0.3, -0.25) is 4.79 Å². The van der Waals surface area contributed by atoms with Crippen LogP contribution in [0.3, 0.4) is 0 Å². The first-order valence-electron chi connectivity index (χ1n) is 4.44. The Kier molecular flexibility index (Phi) is 3.07. The molecule has 0 bridgehead atoms. The molecule has 5 nitrogen and oxygen atoms in total. The van der Waals surface area contributed by atoms with Crippen LogP contribution in [-0.4, -0.2) is 20.9 Å². The number of aromatic nitrogens is 3. The minimum absolute atomic E-state index is 0.318. The van der Waals surface area contributed by atoms with Crippen molar-refractivity contribution in [2.24, 2.45) is 0 Å². The molecule has 1 N–H and O–H groups in total. The number of carbonyl (C=O) groups excluding carboxylic acids is 1. The minimum atomic E-state index is -0.346. The maximum absolute atomic E-state index is 11.7. The van der Waals surface area contributed by atoms with Crippen molar-refractivity contribution in [3.05, 3.63) is 47.6 Å². The second-order valence-electron chi connectivity index (χ2n) is 2.92. The third-order valence-corrected chi connectivity index (χ3v) is 2.12. The molecule has 1 amide bonds. The fourth-order valence-corrected chi connectivity index (χ4v) is 1.24. The van der Waals surface area contributed by atoms with E-state index in [0.29, 0.717) is 16.4 Å². The van der Waals surface area contributed by atoms with Gasteiger partial charge in [0.15, 0.2) is 5.82 Å². The van der Waals surface area contributed by atoms with Gasteiger partial charge >= 0.3 is 0 Å². The van der Waals surface area contributed by atoms with Crippen LogP contribution >= 0.6 is 11.6 Å². The van der Waals surface area contributed by atoms with Crippen LogP contribution in [0.25, 0.3) is 0 Å². The van der Waals surface area contributed by atoms with Crippen molar-refractivity contribution < 1.29 is 4.79 Å². The highest BCUT2D eigenvalue weighted by Crippen LogP contribution is 2.17. The molecule has 0 fully saturated rings. The van der Waals surface area contributed by atoms with Gasteiger partial charge in [0, 0.05) is 18.6 Å². The summed E-state index contributed by atoms with van der Waals surface area (Å²) in [5.41, 5.74) is 0.351. The maximum Gasteiger partial charge on any atom is 0.259 e. The summed E-state index contributed by atoms with van der Waals surface area (Å²) in [6.07, 6.45) is 5.73. The molecule has 0 radical (unpaired) electrons. The molecule has 80 valence electrons. The third kappa shape index (κ3) is 2.32. The Balaban J connectivity index is 2.18. The average molecular weight is 235 g/mol. The van der Waals surface area contributed by atoms with E-state index in [4.69, 9.17) is 11.6 Å². The number of hydrogen-bond donors (Lipinski definition) is 1. The van der Waals surface area contributed by atoms with Gasteiger partial charge in [0.2, 0.25) is 0 Å². The summed E-state index contributed by atoms with van der Waals surface area (Å²) in [6, 6.07) is 3.33. The first-order chi connectivity index (χ1) is 7.77. The molecule has 0 aliphatic carbocycles. The Morgan fingerprint density at radius 2 is 2.06 bits per heavy atom. The highest BCUT2D eigenvalue weighted by Gasteiger charge is 2.08. The molecule has 0 unspecified atom stereocenters. The lowest BCUT2D eigenvalue weighted by Crippen LogP contribution is -2.13. The Hall–Kier alpha value is -2.01. The van der Waals surface area contributed by atoms with Crippen LogP contribution in [0.4, 0.5) is 5.82 Å².